The van der Waals surface area contributed by atoms with E-state index in [1.165, 1.54) is 11.6 Å². The number of aryl methyl sites for hydroxylation is 1. The minimum atomic E-state index is -4.24. The summed E-state index contributed by atoms with van der Waals surface area (Å²) in [6.45, 7) is 19.8. The summed E-state index contributed by atoms with van der Waals surface area (Å²) >= 11 is 1.56. The highest BCUT2D eigenvalue weighted by atomic mass is 32.2. The zero-order valence-electron chi connectivity index (χ0n) is 24.4. The largest absolute Gasteiger partial charge is 0.393 e. The van der Waals surface area contributed by atoms with Crippen LogP contribution in [0.5, 0.6) is 0 Å². The lowest BCUT2D eigenvalue weighted by atomic mass is 9.99. The minimum absolute atomic E-state index is 0.242. The van der Waals surface area contributed by atoms with Gasteiger partial charge < -0.3 is 5.32 Å². The van der Waals surface area contributed by atoms with Gasteiger partial charge in [-0.25, -0.2) is 0 Å². The monoisotopic (exact) mass is 565 g/mol. The summed E-state index contributed by atoms with van der Waals surface area (Å²) in [4.78, 5) is 0.943. The summed E-state index contributed by atoms with van der Waals surface area (Å²) in [6, 6.07) is 15.0. The Morgan fingerprint density at radius 3 is 2.27 bits per heavy atom. The van der Waals surface area contributed by atoms with E-state index in [-0.39, 0.29) is 5.56 Å². The molecule has 0 atom stereocenters. The topological polar surface area (TPSA) is 12.0 Å². The molecule has 0 aromatic heterocycles. The average Bonchev–Trinajstić information content (AvgIpc) is 2.90. The molecule has 0 spiro atoms. The molecule has 0 saturated heterocycles. The molecule has 40 heavy (non-hydrogen) atoms. The molecule has 1 N–H and O–H groups in total. The molecule has 5 heteroatoms. The van der Waals surface area contributed by atoms with E-state index in [9.17, 15) is 13.2 Å². The molecular weight excluding hydrogens is 523 g/mol. The molecule has 0 amide bonds. The van der Waals surface area contributed by atoms with Gasteiger partial charge in [0.2, 0.25) is 0 Å². The van der Waals surface area contributed by atoms with E-state index >= 15 is 0 Å². The number of hydrogen-bond acceptors (Lipinski definition) is 2. The highest BCUT2D eigenvalue weighted by molar-refractivity contribution is 8.10. The molecule has 0 radical (unpaired) electrons. The van der Waals surface area contributed by atoms with E-state index in [4.69, 9.17) is 0 Å². The van der Waals surface area contributed by atoms with Crippen LogP contribution in [0.25, 0.3) is 11.0 Å². The van der Waals surface area contributed by atoms with E-state index < -0.39 is 12.6 Å². The summed E-state index contributed by atoms with van der Waals surface area (Å²) < 4.78 is 38.8. The Morgan fingerprint density at radius 2 is 1.68 bits per heavy atom. The van der Waals surface area contributed by atoms with Gasteiger partial charge in [0.1, 0.15) is 0 Å². The molecule has 0 saturated carbocycles. The molecule has 0 fully saturated rings. The summed E-state index contributed by atoms with van der Waals surface area (Å²) in [5, 5.41) is 5.50. The maximum Gasteiger partial charge on any atom is 0.393 e. The number of rotatable bonds is 14. The number of allylic oxidation sites excluding steroid dienone is 5. The Balaban J connectivity index is 2.41. The zero-order chi connectivity index (χ0) is 29.7. The third-order valence-electron chi connectivity index (χ3n) is 6.36. The van der Waals surface area contributed by atoms with E-state index in [2.05, 4.69) is 81.9 Å². The van der Waals surface area contributed by atoms with Crippen molar-refractivity contribution < 1.29 is 13.2 Å². The van der Waals surface area contributed by atoms with E-state index in [1.54, 1.807) is 23.9 Å². The number of hydrogen-bond donors (Lipinski definition) is 1. The fourth-order valence-electron chi connectivity index (χ4n) is 3.94. The molecule has 0 aliphatic rings. The van der Waals surface area contributed by atoms with Crippen LogP contribution in [-0.2, 0) is 12.8 Å². The van der Waals surface area contributed by atoms with Crippen LogP contribution in [0.4, 0.5) is 13.2 Å². The van der Waals surface area contributed by atoms with Crippen LogP contribution in [0.1, 0.15) is 69.7 Å². The molecule has 1 nitrogen and oxygen atoms in total. The van der Waals surface area contributed by atoms with Crippen molar-refractivity contribution in [3.8, 4) is 0 Å². The van der Waals surface area contributed by atoms with Gasteiger partial charge in [-0.15, -0.1) is 0 Å². The average molecular weight is 566 g/mol. The van der Waals surface area contributed by atoms with Gasteiger partial charge in [0.15, 0.2) is 0 Å². The molecule has 0 heterocycles. The first-order valence-corrected chi connectivity index (χ1v) is 14.6. The maximum atomic E-state index is 12.9. The first kappa shape index (κ1) is 33.0. The third kappa shape index (κ3) is 11.5. The number of unbranched alkanes of at least 4 members (excludes halogenated alkanes) is 1. The molecule has 0 aliphatic carbocycles. The van der Waals surface area contributed by atoms with Crippen LogP contribution >= 0.6 is 11.8 Å². The van der Waals surface area contributed by atoms with Gasteiger partial charge >= 0.3 is 6.18 Å². The fraction of sp³-hybridized carbons (Fsp3) is 0.314. The summed E-state index contributed by atoms with van der Waals surface area (Å²) in [6.07, 6.45) is 3.86. The van der Waals surface area contributed by atoms with Crippen molar-refractivity contribution in [3.63, 3.8) is 0 Å². The van der Waals surface area contributed by atoms with Gasteiger partial charge in [-0.1, -0.05) is 111 Å². The van der Waals surface area contributed by atoms with Crippen LogP contribution in [0, 0.1) is 0 Å². The molecule has 0 unspecified atom stereocenters. The summed E-state index contributed by atoms with van der Waals surface area (Å²) in [5.74, 6) is 0. The van der Waals surface area contributed by atoms with Gasteiger partial charge in [0.25, 0.3) is 0 Å². The SMILES string of the molecule is C=C(NCCCC)C(/C=C(\C=C\c1cccc(CC(F)(F)F)c1)C(/C)=C/SC(=C)c1ccc(CC)cc1)=C(C)C. The van der Waals surface area contributed by atoms with Crippen molar-refractivity contribution in [2.24, 2.45) is 0 Å². The lowest BCUT2D eigenvalue weighted by Gasteiger charge is -2.14. The molecular formula is C35H42F3NS. The standard InChI is InChI=1S/C35H42F3NS/c1-8-10-20-39-27(6)34(25(3)4)22-33(19-16-30-12-11-13-31(21-30)23-35(36,37)38)26(5)24-40-28(7)32-17-14-29(9-2)15-18-32/h11-19,21-22,24,39H,6-10,20,23H2,1-5H3/b19-16+,26-24+,33-22+. The molecule has 2 aromatic rings. The number of nitrogens with one attached hydrogen (secondary N) is 1. The Morgan fingerprint density at radius 1 is 0.975 bits per heavy atom. The second-order valence-corrected chi connectivity index (χ2v) is 11.0. The smallest absolute Gasteiger partial charge is 0.385 e. The van der Waals surface area contributed by atoms with Crippen molar-refractivity contribution in [2.75, 3.05) is 6.54 Å². The highest BCUT2D eigenvalue weighted by Crippen LogP contribution is 2.31. The Bertz CT molecular complexity index is 1270. The van der Waals surface area contributed by atoms with Crippen molar-refractivity contribution in [2.45, 2.75) is 66.5 Å². The number of halogens is 3. The first-order chi connectivity index (χ1) is 18.9. The summed E-state index contributed by atoms with van der Waals surface area (Å²) in [5.41, 5.74) is 8.25. The van der Waals surface area contributed by atoms with Crippen molar-refractivity contribution in [1.82, 2.24) is 5.32 Å². The zero-order valence-corrected chi connectivity index (χ0v) is 25.2. The van der Waals surface area contributed by atoms with Crippen molar-refractivity contribution in [3.05, 3.63) is 129 Å². The quantitative estimate of drug-likeness (QED) is 0.181. The fourth-order valence-corrected chi connectivity index (χ4v) is 4.67. The molecule has 2 rings (SSSR count). The van der Waals surface area contributed by atoms with Gasteiger partial charge in [0, 0.05) is 17.1 Å². The Hall–Kier alpha value is -3.18. The molecule has 214 valence electrons. The lowest BCUT2D eigenvalue weighted by molar-refractivity contribution is -0.127. The highest BCUT2D eigenvalue weighted by Gasteiger charge is 2.27. The Kier molecular flexibility index (Phi) is 13.4. The second kappa shape index (κ2) is 16.2. The predicted molar refractivity (Wildman–Crippen MR) is 170 cm³/mol. The van der Waals surface area contributed by atoms with Crippen LogP contribution in [0.15, 0.2) is 107 Å². The third-order valence-corrected chi connectivity index (χ3v) is 7.35. The van der Waals surface area contributed by atoms with E-state index in [1.807, 2.05) is 25.1 Å². The van der Waals surface area contributed by atoms with Crippen molar-refractivity contribution >= 4 is 22.7 Å². The van der Waals surface area contributed by atoms with Crippen molar-refractivity contribution in [1.29, 1.82) is 0 Å². The van der Waals surface area contributed by atoms with E-state index in [0.29, 0.717) is 5.56 Å². The van der Waals surface area contributed by atoms with Crippen LogP contribution in [-0.4, -0.2) is 12.7 Å². The summed E-state index contributed by atoms with van der Waals surface area (Å²) in [7, 11) is 0. The van der Waals surface area contributed by atoms with Gasteiger partial charge in [-0.05, 0) is 84.1 Å². The number of alkyl halides is 3. The molecule has 0 aliphatic heterocycles. The van der Waals surface area contributed by atoms with Crippen LogP contribution in [0.3, 0.4) is 0 Å². The van der Waals surface area contributed by atoms with Crippen LogP contribution in [0.2, 0.25) is 0 Å². The van der Waals surface area contributed by atoms with Gasteiger partial charge in [-0.3, -0.25) is 0 Å². The lowest BCUT2D eigenvalue weighted by Crippen LogP contribution is -2.15. The van der Waals surface area contributed by atoms with E-state index in [0.717, 1.165) is 64.3 Å². The normalized spacial score (nSPS) is 12.5. The number of thioether (sulfide) groups is 1. The second-order valence-electron chi connectivity index (χ2n) is 10.0. The Labute approximate surface area is 243 Å². The minimum Gasteiger partial charge on any atom is -0.385 e. The maximum absolute atomic E-state index is 12.9. The molecule has 2 aromatic carbocycles. The first-order valence-electron chi connectivity index (χ1n) is 13.7. The number of benzene rings is 2. The predicted octanol–water partition coefficient (Wildman–Crippen LogP) is 10.8. The van der Waals surface area contributed by atoms with Crippen LogP contribution < -0.4 is 5.32 Å². The van der Waals surface area contributed by atoms with Gasteiger partial charge in [0.05, 0.1) is 6.42 Å². The molecule has 0 bridgehead atoms. The van der Waals surface area contributed by atoms with Gasteiger partial charge in [-0.2, -0.15) is 13.2 Å².